The van der Waals surface area contributed by atoms with Gasteiger partial charge in [-0.15, -0.1) is 0 Å². The molecule has 0 bridgehead atoms. The van der Waals surface area contributed by atoms with E-state index < -0.39 is 5.72 Å². The van der Waals surface area contributed by atoms with Gasteiger partial charge >= 0.3 is 0 Å². The van der Waals surface area contributed by atoms with E-state index in [1.807, 2.05) is 23.1 Å². The van der Waals surface area contributed by atoms with Crippen molar-refractivity contribution < 1.29 is 9.53 Å². The van der Waals surface area contributed by atoms with Crippen molar-refractivity contribution in [2.24, 2.45) is 17.8 Å². The Kier molecular flexibility index (Phi) is 4.04. The van der Waals surface area contributed by atoms with Crippen molar-refractivity contribution in [3.05, 3.63) is 35.9 Å². The number of fused-ring (bicyclic) bond motifs is 1. The second kappa shape index (κ2) is 5.62. The monoisotopic (exact) mass is 315 g/mol. The minimum Gasteiger partial charge on any atom is -0.347 e. The van der Waals surface area contributed by atoms with Crippen LogP contribution < -0.4 is 0 Å². The molecule has 2 aliphatic heterocycles. The molecule has 0 N–H and O–H groups in total. The molecule has 2 heterocycles. The lowest BCUT2D eigenvalue weighted by atomic mass is 9.80. The Morgan fingerprint density at radius 1 is 1.17 bits per heavy atom. The second-order valence-electron chi connectivity index (χ2n) is 8.06. The number of benzene rings is 1. The van der Waals surface area contributed by atoms with Crippen molar-refractivity contribution in [1.82, 2.24) is 4.90 Å². The van der Waals surface area contributed by atoms with Gasteiger partial charge < -0.3 is 9.64 Å². The molecule has 0 spiro atoms. The normalized spacial score (nSPS) is 29.6. The molecule has 0 aliphatic carbocycles. The van der Waals surface area contributed by atoms with Gasteiger partial charge in [0.2, 0.25) is 5.91 Å². The van der Waals surface area contributed by atoms with E-state index >= 15 is 0 Å². The molecule has 3 heteroatoms. The van der Waals surface area contributed by atoms with Gasteiger partial charge in [-0.25, -0.2) is 0 Å². The Morgan fingerprint density at radius 3 is 2.30 bits per heavy atom. The minimum absolute atomic E-state index is 0.0414. The van der Waals surface area contributed by atoms with Crippen LogP contribution in [0.25, 0.3) is 0 Å². The van der Waals surface area contributed by atoms with Gasteiger partial charge in [0, 0.05) is 12.3 Å². The Bertz CT molecular complexity index is 573. The molecule has 2 aliphatic rings. The Balaban J connectivity index is 1.80. The first-order valence-corrected chi connectivity index (χ1v) is 8.84. The molecule has 1 amide bonds. The van der Waals surface area contributed by atoms with Crippen LogP contribution in [0.4, 0.5) is 0 Å². The van der Waals surface area contributed by atoms with Crippen molar-refractivity contribution in [2.45, 2.75) is 58.8 Å². The topological polar surface area (TPSA) is 29.5 Å². The molecule has 2 fully saturated rings. The molecule has 1 aromatic rings. The maximum absolute atomic E-state index is 13.0. The molecule has 126 valence electrons. The molecular weight excluding hydrogens is 286 g/mol. The largest absolute Gasteiger partial charge is 0.347 e. The summed E-state index contributed by atoms with van der Waals surface area (Å²) in [5.74, 6) is 1.09. The van der Waals surface area contributed by atoms with Crippen LogP contribution in [0.2, 0.25) is 0 Å². The summed E-state index contributed by atoms with van der Waals surface area (Å²) in [7, 11) is 0. The lowest BCUT2D eigenvalue weighted by Crippen LogP contribution is -2.46. The predicted molar refractivity (Wildman–Crippen MR) is 91.9 cm³/mol. The average molecular weight is 315 g/mol. The number of nitrogens with zero attached hydrogens (tertiary/aromatic N) is 1. The third kappa shape index (κ3) is 2.59. The fourth-order valence-electron chi connectivity index (χ4n) is 4.46. The summed E-state index contributed by atoms with van der Waals surface area (Å²) >= 11 is 0. The zero-order valence-electron chi connectivity index (χ0n) is 15.0. The van der Waals surface area contributed by atoms with Crippen LogP contribution >= 0.6 is 0 Å². The fourth-order valence-corrected chi connectivity index (χ4v) is 4.46. The molecule has 0 saturated carbocycles. The van der Waals surface area contributed by atoms with Crippen LogP contribution in [0.5, 0.6) is 0 Å². The third-order valence-corrected chi connectivity index (χ3v) is 5.91. The van der Waals surface area contributed by atoms with Crippen molar-refractivity contribution in [1.29, 1.82) is 0 Å². The number of hydrogen-bond acceptors (Lipinski definition) is 2. The van der Waals surface area contributed by atoms with Crippen LogP contribution in [0.3, 0.4) is 0 Å². The summed E-state index contributed by atoms with van der Waals surface area (Å²) < 4.78 is 6.63. The Hall–Kier alpha value is -1.35. The maximum atomic E-state index is 13.0. The van der Waals surface area contributed by atoms with Crippen LogP contribution in [0, 0.1) is 17.8 Å². The van der Waals surface area contributed by atoms with Gasteiger partial charge in [0.15, 0.2) is 0 Å². The molecule has 23 heavy (non-hydrogen) atoms. The molecule has 0 aromatic heterocycles. The lowest BCUT2D eigenvalue weighted by Gasteiger charge is -2.38. The van der Waals surface area contributed by atoms with Crippen LogP contribution in [-0.4, -0.2) is 28.7 Å². The lowest BCUT2D eigenvalue weighted by molar-refractivity contribution is -0.157. The fraction of sp³-hybridized carbons (Fsp3) is 0.650. The highest BCUT2D eigenvalue weighted by molar-refractivity contribution is 5.82. The maximum Gasteiger partial charge on any atom is 0.228 e. The highest BCUT2D eigenvalue weighted by Gasteiger charge is 2.61. The van der Waals surface area contributed by atoms with E-state index in [4.69, 9.17) is 4.74 Å². The van der Waals surface area contributed by atoms with Gasteiger partial charge in [0.25, 0.3) is 0 Å². The summed E-state index contributed by atoms with van der Waals surface area (Å²) in [6.45, 7) is 11.6. The quantitative estimate of drug-likeness (QED) is 0.844. The van der Waals surface area contributed by atoms with Crippen LogP contribution in [0.1, 0.15) is 46.6 Å². The third-order valence-electron chi connectivity index (χ3n) is 5.91. The van der Waals surface area contributed by atoms with E-state index in [0.717, 1.165) is 19.4 Å². The summed E-state index contributed by atoms with van der Waals surface area (Å²) in [4.78, 5) is 15.0. The summed E-state index contributed by atoms with van der Waals surface area (Å²) in [5, 5.41) is 0. The van der Waals surface area contributed by atoms with Gasteiger partial charge in [-0.05, 0) is 30.7 Å². The first kappa shape index (κ1) is 16.5. The number of carbonyl (C=O) groups is 1. The molecule has 0 radical (unpaired) electrons. The Labute approximate surface area is 140 Å². The average Bonchev–Trinajstić information content (AvgIpc) is 2.92. The molecule has 0 unspecified atom stereocenters. The number of carbonyl (C=O) groups excluding carboxylic acids is 1. The zero-order valence-corrected chi connectivity index (χ0v) is 15.0. The van der Waals surface area contributed by atoms with E-state index in [1.54, 1.807) is 0 Å². The first-order valence-electron chi connectivity index (χ1n) is 8.84. The molecule has 2 saturated heterocycles. The van der Waals surface area contributed by atoms with Crippen LogP contribution in [0.15, 0.2) is 30.3 Å². The predicted octanol–water partition coefficient (Wildman–Crippen LogP) is 3.87. The van der Waals surface area contributed by atoms with Gasteiger partial charge in [-0.2, -0.15) is 0 Å². The SMILES string of the molecule is CC(C)C1(C(C)C)CN2C(=O)[C@H](Cc3ccccc3)C[C@@]2(C)O1. The number of ether oxygens (including phenoxy) is 1. The highest BCUT2D eigenvalue weighted by Crippen LogP contribution is 2.50. The van der Waals surface area contributed by atoms with Crippen LogP contribution in [-0.2, 0) is 16.0 Å². The van der Waals surface area contributed by atoms with Crippen molar-refractivity contribution in [3.63, 3.8) is 0 Å². The number of hydrogen-bond donors (Lipinski definition) is 0. The summed E-state index contributed by atoms with van der Waals surface area (Å²) in [6, 6.07) is 10.3. The van der Waals surface area contributed by atoms with Gasteiger partial charge in [0.05, 0.1) is 12.1 Å². The van der Waals surface area contributed by atoms with E-state index in [0.29, 0.717) is 11.8 Å². The van der Waals surface area contributed by atoms with Crippen molar-refractivity contribution >= 4 is 5.91 Å². The van der Waals surface area contributed by atoms with E-state index in [-0.39, 0.29) is 17.4 Å². The standard InChI is InChI=1S/C20H29NO2/c1-14(2)20(15(3)4)13-21-18(22)17(12-19(21,5)23-20)11-16-9-7-6-8-10-16/h6-10,14-15,17H,11-13H2,1-5H3/t17-,19-/m1/s1. The van der Waals surface area contributed by atoms with E-state index in [1.165, 1.54) is 5.56 Å². The highest BCUT2D eigenvalue weighted by atomic mass is 16.6. The smallest absolute Gasteiger partial charge is 0.228 e. The summed E-state index contributed by atoms with van der Waals surface area (Å²) in [5.41, 5.74) is 0.572. The molecular formula is C20H29NO2. The summed E-state index contributed by atoms with van der Waals surface area (Å²) in [6.07, 6.45) is 1.60. The first-order chi connectivity index (χ1) is 10.8. The molecule has 3 rings (SSSR count). The van der Waals surface area contributed by atoms with E-state index in [2.05, 4.69) is 46.8 Å². The number of amides is 1. The number of rotatable bonds is 4. The molecule has 3 nitrogen and oxygen atoms in total. The molecule has 1 aromatic carbocycles. The second-order valence-corrected chi connectivity index (χ2v) is 8.06. The van der Waals surface area contributed by atoms with E-state index in [9.17, 15) is 4.79 Å². The zero-order chi connectivity index (χ0) is 16.8. The van der Waals surface area contributed by atoms with Crippen molar-refractivity contribution in [3.8, 4) is 0 Å². The van der Waals surface area contributed by atoms with Crippen molar-refractivity contribution in [2.75, 3.05) is 6.54 Å². The molecule has 2 atom stereocenters. The van der Waals surface area contributed by atoms with Gasteiger partial charge in [-0.1, -0.05) is 58.0 Å². The van der Waals surface area contributed by atoms with Gasteiger partial charge in [-0.3, -0.25) is 4.79 Å². The van der Waals surface area contributed by atoms with Gasteiger partial charge in [0.1, 0.15) is 5.72 Å². The Morgan fingerprint density at radius 2 is 1.78 bits per heavy atom. The minimum atomic E-state index is -0.439.